The highest BCUT2D eigenvalue weighted by Crippen LogP contribution is 2.28. The van der Waals surface area contributed by atoms with Crippen molar-refractivity contribution in [3.05, 3.63) is 54.1 Å². The van der Waals surface area contributed by atoms with E-state index in [2.05, 4.69) is 10.0 Å². The second-order valence-electron chi connectivity index (χ2n) is 6.71. The van der Waals surface area contributed by atoms with Gasteiger partial charge in [-0.15, -0.1) is 0 Å². The average Bonchev–Trinajstić information content (AvgIpc) is 3.04. The highest BCUT2D eigenvalue weighted by molar-refractivity contribution is 7.89. The lowest BCUT2D eigenvalue weighted by Gasteiger charge is -2.19. The fourth-order valence-corrected chi connectivity index (χ4v) is 4.26. The van der Waals surface area contributed by atoms with Crippen LogP contribution in [0.5, 0.6) is 0 Å². The third-order valence-electron chi connectivity index (χ3n) is 4.67. The van der Waals surface area contributed by atoms with Gasteiger partial charge in [0.2, 0.25) is 21.8 Å². The fraction of sp³-hybridized carbons (Fsp3) is 0.300. The van der Waals surface area contributed by atoms with Crippen LogP contribution in [-0.2, 0) is 19.6 Å². The van der Waals surface area contributed by atoms with Crippen molar-refractivity contribution < 1.29 is 18.0 Å². The molecule has 28 heavy (non-hydrogen) atoms. The molecule has 0 bridgehead atoms. The van der Waals surface area contributed by atoms with Gasteiger partial charge in [0.05, 0.1) is 10.8 Å². The number of aryl methyl sites for hydroxylation is 1. The Balaban J connectivity index is 1.67. The molecule has 2 aromatic carbocycles. The maximum absolute atomic E-state index is 12.6. The number of nitrogens with one attached hydrogen (secondary N) is 2. The minimum absolute atomic E-state index is 0.0819. The lowest BCUT2D eigenvalue weighted by Crippen LogP contribution is -2.28. The molecule has 1 aliphatic rings. The normalized spacial score (nSPS) is 17.0. The summed E-state index contributed by atoms with van der Waals surface area (Å²) in [4.78, 5) is 26.7. The Kier molecular flexibility index (Phi) is 5.81. The second kappa shape index (κ2) is 8.12. The predicted molar refractivity (Wildman–Crippen MR) is 108 cm³/mol. The smallest absolute Gasteiger partial charge is 0.240 e. The van der Waals surface area contributed by atoms with Gasteiger partial charge in [-0.1, -0.05) is 25.1 Å². The average molecular weight is 401 g/mol. The largest absolute Gasteiger partial charge is 0.326 e. The van der Waals surface area contributed by atoms with E-state index in [1.54, 1.807) is 11.8 Å². The lowest BCUT2D eigenvalue weighted by molar-refractivity contribution is -0.122. The van der Waals surface area contributed by atoms with Crippen molar-refractivity contribution >= 4 is 33.2 Å². The van der Waals surface area contributed by atoms with Crippen molar-refractivity contribution in [2.24, 2.45) is 5.92 Å². The van der Waals surface area contributed by atoms with E-state index >= 15 is 0 Å². The molecular formula is C20H23N3O4S. The van der Waals surface area contributed by atoms with Crippen LogP contribution in [0.3, 0.4) is 0 Å². The Morgan fingerprint density at radius 3 is 2.46 bits per heavy atom. The monoisotopic (exact) mass is 401 g/mol. The lowest BCUT2D eigenvalue weighted by atomic mass is 10.1. The third-order valence-corrected chi connectivity index (χ3v) is 6.23. The Morgan fingerprint density at radius 1 is 1.14 bits per heavy atom. The molecule has 0 spiro atoms. The van der Waals surface area contributed by atoms with E-state index < -0.39 is 15.9 Å². The Hall–Kier alpha value is -2.71. The van der Waals surface area contributed by atoms with Crippen LogP contribution in [0.2, 0.25) is 0 Å². The Morgan fingerprint density at radius 2 is 1.82 bits per heavy atom. The summed E-state index contributed by atoms with van der Waals surface area (Å²) >= 11 is 0. The standard InChI is InChI=1S/C20H23N3O4S/c1-3-21-28(26,27)17-10-8-16(9-11-17)22-20(25)15-12-19(24)23(13-15)18-7-5-4-6-14(18)2/h4-11,15,21H,3,12-13H2,1-2H3,(H,22,25)/t15-/m1/s1. The molecule has 148 valence electrons. The number of carbonyl (C=O) groups excluding carboxylic acids is 2. The van der Waals surface area contributed by atoms with Crippen molar-refractivity contribution in [2.45, 2.75) is 25.2 Å². The topological polar surface area (TPSA) is 95.6 Å². The summed E-state index contributed by atoms with van der Waals surface area (Å²) in [6, 6.07) is 13.5. The van der Waals surface area contributed by atoms with Crippen LogP contribution in [0, 0.1) is 12.8 Å². The number of para-hydroxylation sites is 1. The number of amides is 2. The van der Waals surface area contributed by atoms with E-state index in [9.17, 15) is 18.0 Å². The van der Waals surface area contributed by atoms with E-state index in [0.717, 1.165) is 11.3 Å². The number of carbonyl (C=O) groups is 2. The number of hydrogen-bond acceptors (Lipinski definition) is 4. The van der Waals surface area contributed by atoms with Crippen LogP contribution in [0.4, 0.5) is 11.4 Å². The van der Waals surface area contributed by atoms with Crippen LogP contribution in [0.15, 0.2) is 53.4 Å². The van der Waals surface area contributed by atoms with Gasteiger partial charge in [0.25, 0.3) is 0 Å². The molecule has 0 aromatic heterocycles. The number of rotatable bonds is 6. The molecule has 1 saturated heterocycles. The summed E-state index contributed by atoms with van der Waals surface area (Å²) in [5, 5.41) is 2.77. The molecule has 7 nitrogen and oxygen atoms in total. The number of benzene rings is 2. The van der Waals surface area contributed by atoms with Crippen LogP contribution >= 0.6 is 0 Å². The maximum Gasteiger partial charge on any atom is 0.240 e. The second-order valence-corrected chi connectivity index (χ2v) is 8.47. The highest BCUT2D eigenvalue weighted by Gasteiger charge is 2.35. The first-order valence-electron chi connectivity index (χ1n) is 9.08. The first kappa shape index (κ1) is 20.0. The van der Waals surface area contributed by atoms with Crippen LogP contribution in [0.25, 0.3) is 0 Å². The van der Waals surface area contributed by atoms with Gasteiger partial charge in [-0.25, -0.2) is 13.1 Å². The van der Waals surface area contributed by atoms with E-state index in [0.29, 0.717) is 18.8 Å². The molecule has 2 N–H and O–H groups in total. The number of nitrogens with zero attached hydrogens (tertiary/aromatic N) is 1. The van der Waals surface area contributed by atoms with Gasteiger partial charge in [-0.3, -0.25) is 9.59 Å². The molecule has 1 fully saturated rings. The Labute approximate surface area is 164 Å². The zero-order valence-electron chi connectivity index (χ0n) is 15.8. The van der Waals surface area contributed by atoms with Gasteiger partial charge >= 0.3 is 0 Å². The minimum Gasteiger partial charge on any atom is -0.326 e. The van der Waals surface area contributed by atoms with E-state index in [4.69, 9.17) is 0 Å². The molecule has 3 rings (SSSR count). The summed E-state index contributed by atoms with van der Waals surface area (Å²) in [6.45, 7) is 4.25. The molecule has 0 unspecified atom stereocenters. The molecule has 1 aliphatic heterocycles. The van der Waals surface area contributed by atoms with Crippen molar-refractivity contribution in [2.75, 3.05) is 23.3 Å². The molecule has 8 heteroatoms. The summed E-state index contributed by atoms with van der Waals surface area (Å²) in [5.41, 5.74) is 2.29. The first-order chi connectivity index (χ1) is 13.3. The molecule has 0 radical (unpaired) electrons. The number of hydrogen-bond donors (Lipinski definition) is 2. The van der Waals surface area contributed by atoms with Crippen molar-refractivity contribution in [1.29, 1.82) is 0 Å². The Bertz CT molecular complexity index is 987. The predicted octanol–water partition coefficient (Wildman–Crippen LogP) is 2.28. The third kappa shape index (κ3) is 4.23. The van der Waals surface area contributed by atoms with Gasteiger partial charge < -0.3 is 10.2 Å². The SMILES string of the molecule is CCNS(=O)(=O)c1ccc(NC(=O)[C@@H]2CC(=O)N(c3ccccc3C)C2)cc1. The molecular weight excluding hydrogens is 378 g/mol. The van der Waals surface area contributed by atoms with Crippen molar-refractivity contribution in [1.82, 2.24) is 4.72 Å². The van der Waals surface area contributed by atoms with Gasteiger partial charge in [0.1, 0.15) is 0 Å². The molecule has 0 saturated carbocycles. The van der Waals surface area contributed by atoms with E-state index in [1.165, 1.54) is 24.3 Å². The van der Waals surface area contributed by atoms with Crippen molar-refractivity contribution in [3.63, 3.8) is 0 Å². The molecule has 1 heterocycles. The summed E-state index contributed by atoms with van der Waals surface area (Å²) in [6.07, 6.45) is 0.146. The zero-order chi connectivity index (χ0) is 20.3. The minimum atomic E-state index is -3.53. The molecule has 1 atom stereocenters. The molecule has 2 aromatic rings. The summed E-state index contributed by atoms with van der Waals surface area (Å²) in [5.74, 6) is -0.800. The van der Waals surface area contributed by atoms with E-state index in [1.807, 2.05) is 31.2 Å². The van der Waals surface area contributed by atoms with Gasteiger partial charge in [0.15, 0.2) is 0 Å². The van der Waals surface area contributed by atoms with Crippen LogP contribution in [0.1, 0.15) is 18.9 Å². The summed E-state index contributed by atoms with van der Waals surface area (Å²) in [7, 11) is -3.53. The fourth-order valence-electron chi connectivity index (χ4n) is 3.22. The van der Waals surface area contributed by atoms with E-state index in [-0.39, 0.29) is 23.1 Å². The van der Waals surface area contributed by atoms with Crippen LogP contribution < -0.4 is 14.9 Å². The molecule has 2 amide bonds. The first-order valence-corrected chi connectivity index (χ1v) is 10.6. The van der Waals surface area contributed by atoms with Crippen molar-refractivity contribution in [3.8, 4) is 0 Å². The van der Waals surface area contributed by atoms with Gasteiger partial charge in [0, 0.05) is 30.9 Å². The molecule has 0 aliphatic carbocycles. The highest BCUT2D eigenvalue weighted by atomic mass is 32.2. The van der Waals surface area contributed by atoms with Gasteiger partial charge in [-0.05, 0) is 42.8 Å². The zero-order valence-corrected chi connectivity index (χ0v) is 16.6. The van der Waals surface area contributed by atoms with Gasteiger partial charge in [-0.2, -0.15) is 0 Å². The number of anilines is 2. The van der Waals surface area contributed by atoms with Crippen LogP contribution in [-0.4, -0.2) is 33.3 Å². The quantitative estimate of drug-likeness (QED) is 0.776. The number of sulfonamides is 1. The maximum atomic E-state index is 12.6. The summed E-state index contributed by atoms with van der Waals surface area (Å²) < 4.78 is 26.4.